The summed E-state index contributed by atoms with van der Waals surface area (Å²) >= 11 is 0. The van der Waals surface area contributed by atoms with Crippen LogP contribution in [0.25, 0.3) is 0 Å². The molecule has 6 nitrogen and oxygen atoms in total. The fourth-order valence-electron chi connectivity index (χ4n) is 0.166. The zero-order valence-electron chi connectivity index (χ0n) is 6.27. The summed E-state index contributed by atoms with van der Waals surface area (Å²) in [7, 11) is -6.40. The molecule has 2 atom stereocenters. The van der Waals surface area contributed by atoms with Gasteiger partial charge in [-0.3, -0.25) is 9.13 Å². The van der Waals surface area contributed by atoms with Crippen molar-refractivity contribution in [3.05, 3.63) is 12.7 Å². The second-order valence-electron chi connectivity index (χ2n) is 1.43. The quantitative estimate of drug-likeness (QED) is 0.463. The highest BCUT2D eigenvalue weighted by Crippen LogP contribution is 2.30. The summed E-state index contributed by atoms with van der Waals surface area (Å²) < 4.78 is 22.3. The van der Waals surface area contributed by atoms with Crippen molar-refractivity contribution < 1.29 is 28.3 Å². The number of aliphatic hydroxyl groups is 1. The van der Waals surface area contributed by atoms with Crippen LogP contribution in [0, 0.1) is 0 Å². The number of aliphatic hydroxyl groups excluding tert-OH is 1. The van der Waals surface area contributed by atoms with E-state index >= 15 is 0 Å². The highest BCUT2D eigenvalue weighted by atomic mass is 31.2. The van der Waals surface area contributed by atoms with Crippen LogP contribution in [0.15, 0.2) is 12.7 Å². The third kappa shape index (κ3) is 22.5. The lowest BCUT2D eigenvalue weighted by molar-refractivity contribution is 0.303. The first kappa shape index (κ1) is 14.6. The van der Waals surface area contributed by atoms with E-state index in [4.69, 9.17) is 14.9 Å². The van der Waals surface area contributed by atoms with Crippen molar-refractivity contribution in [3.63, 3.8) is 0 Å². The van der Waals surface area contributed by atoms with Crippen molar-refractivity contribution in [2.24, 2.45) is 0 Å². The van der Waals surface area contributed by atoms with Gasteiger partial charge >= 0.3 is 16.5 Å². The van der Waals surface area contributed by atoms with Crippen molar-refractivity contribution in [2.75, 3.05) is 6.61 Å². The molecular weight excluding hydrogens is 206 g/mol. The van der Waals surface area contributed by atoms with Gasteiger partial charge in [-0.2, -0.15) is 0 Å². The van der Waals surface area contributed by atoms with Crippen molar-refractivity contribution in [2.45, 2.75) is 6.42 Å². The molecule has 74 valence electrons. The van der Waals surface area contributed by atoms with E-state index in [2.05, 4.69) is 10.9 Å². The van der Waals surface area contributed by atoms with E-state index in [9.17, 15) is 9.13 Å². The van der Waals surface area contributed by atoms with Gasteiger partial charge in [-0.25, -0.2) is 4.31 Å². The topological polar surface area (TPSA) is 104 Å². The van der Waals surface area contributed by atoms with Gasteiger partial charge in [0.05, 0.1) is 0 Å². The largest absolute Gasteiger partial charge is 0.396 e. The lowest BCUT2D eigenvalue weighted by Gasteiger charge is -1.86. The van der Waals surface area contributed by atoms with Crippen LogP contribution >= 0.6 is 16.5 Å². The van der Waals surface area contributed by atoms with Crippen molar-refractivity contribution >= 4 is 16.5 Å². The van der Waals surface area contributed by atoms with Crippen LogP contribution in [-0.4, -0.2) is 21.5 Å². The highest BCUT2D eigenvalue weighted by molar-refractivity contribution is 7.46. The predicted molar refractivity (Wildman–Crippen MR) is 45.4 cm³/mol. The molecule has 0 aromatic rings. The summed E-state index contributed by atoms with van der Waals surface area (Å²) in [6.45, 7) is 3.62. The predicted octanol–water partition coefficient (Wildman–Crippen LogP) is 0.322. The van der Waals surface area contributed by atoms with Crippen molar-refractivity contribution in [1.29, 1.82) is 0 Å². The van der Waals surface area contributed by atoms with Gasteiger partial charge in [-0.05, 0) is 6.42 Å². The molecule has 0 aliphatic heterocycles. The summed E-state index contributed by atoms with van der Waals surface area (Å²) in [6, 6.07) is 0. The number of hydrogen-bond acceptors (Lipinski definition) is 4. The van der Waals surface area contributed by atoms with Crippen LogP contribution in [0.3, 0.4) is 0 Å². The fourth-order valence-corrected chi connectivity index (χ4v) is 0.764. The minimum atomic E-state index is -3.20. The molecule has 0 heterocycles. The van der Waals surface area contributed by atoms with Gasteiger partial charge in [0.15, 0.2) is 0 Å². The van der Waals surface area contributed by atoms with E-state index < -0.39 is 16.5 Å². The third-order valence-corrected chi connectivity index (χ3v) is 1.90. The molecule has 0 amide bonds. The maximum absolute atomic E-state index is 9.44. The minimum absolute atomic E-state index is 0.226. The minimum Gasteiger partial charge on any atom is -0.396 e. The van der Waals surface area contributed by atoms with E-state index in [1.807, 2.05) is 0 Å². The van der Waals surface area contributed by atoms with Gasteiger partial charge in [-0.15, -0.1) is 6.58 Å². The maximum atomic E-state index is 9.44. The molecule has 0 aliphatic carbocycles. The number of rotatable bonds is 4. The Morgan fingerprint density at radius 2 is 1.75 bits per heavy atom. The Hall–Kier alpha value is 0.0400. The SMILES string of the molecule is C=CCCO.O=[PH](O)O[PH](=O)O. The van der Waals surface area contributed by atoms with Crippen LogP contribution in [0.4, 0.5) is 0 Å². The van der Waals surface area contributed by atoms with Gasteiger partial charge in [0.1, 0.15) is 0 Å². The molecule has 0 saturated carbocycles. The Kier molecular flexibility index (Phi) is 13.4. The van der Waals surface area contributed by atoms with Crippen LogP contribution in [0.5, 0.6) is 0 Å². The Bertz CT molecular complexity index is 146. The Morgan fingerprint density at radius 1 is 1.33 bits per heavy atom. The van der Waals surface area contributed by atoms with Crippen LogP contribution in [0.2, 0.25) is 0 Å². The summed E-state index contributed by atoms with van der Waals surface area (Å²) in [4.78, 5) is 15.4. The monoisotopic (exact) mass is 218 g/mol. The second kappa shape index (κ2) is 11.0. The van der Waals surface area contributed by atoms with E-state index in [1.165, 1.54) is 0 Å². The number of hydrogen-bond donors (Lipinski definition) is 3. The first-order valence-electron chi connectivity index (χ1n) is 2.90. The van der Waals surface area contributed by atoms with Gasteiger partial charge in [0.25, 0.3) is 0 Å². The summed E-state index contributed by atoms with van der Waals surface area (Å²) in [6.07, 6.45) is 2.39. The summed E-state index contributed by atoms with van der Waals surface area (Å²) in [5.74, 6) is 0. The standard InChI is InChI=1S/C4H8O.H4O5P2/c1-2-3-4-5;1-6(2)5-7(3)4/h2,5H,1,3-4H2;6-7H,(H,1,2)(H,3,4). The van der Waals surface area contributed by atoms with Gasteiger partial charge in [-0.1, -0.05) is 6.08 Å². The molecule has 0 bridgehead atoms. The first-order valence-corrected chi connectivity index (χ1v) is 5.42. The average molecular weight is 218 g/mol. The Morgan fingerprint density at radius 3 is 1.75 bits per heavy atom. The van der Waals surface area contributed by atoms with Crippen molar-refractivity contribution in [1.82, 2.24) is 0 Å². The molecule has 0 fully saturated rings. The van der Waals surface area contributed by atoms with Gasteiger partial charge in [0.2, 0.25) is 0 Å². The molecule has 2 unspecified atom stereocenters. The molecule has 8 heteroatoms. The van der Waals surface area contributed by atoms with Gasteiger partial charge in [0, 0.05) is 6.61 Å². The average Bonchev–Trinajstić information content (AvgIpc) is 1.87. The zero-order valence-corrected chi connectivity index (χ0v) is 8.27. The lowest BCUT2D eigenvalue weighted by Crippen LogP contribution is -1.71. The highest BCUT2D eigenvalue weighted by Gasteiger charge is 1.93. The van der Waals surface area contributed by atoms with E-state index in [0.29, 0.717) is 6.42 Å². The Labute approximate surface area is 71.4 Å². The van der Waals surface area contributed by atoms with Crippen LogP contribution in [-0.2, 0) is 13.4 Å². The van der Waals surface area contributed by atoms with Gasteiger partial charge < -0.3 is 14.9 Å². The molecule has 0 spiro atoms. The Balaban J connectivity index is 0. The molecule has 0 aromatic carbocycles. The van der Waals surface area contributed by atoms with Crippen LogP contribution in [0.1, 0.15) is 6.42 Å². The maximum Gasteiger partial charge on any atom is 0.323 e. The molecule has 0 aliphatic rings. The molecule has 0 aromatic heterocycles. The molecular formula is C4H12O6P2. The molecule has 0 saturated heterocycles. The van der Waals surface area contributed by atoms with E-state index in [-0.39, 0.29) is 6.61 Å². The molecule has 0 rings (SSSR count). The van der Waals surface area contributed by atoms with Crippen molar-refractivity contribution in [3.8, 4) is 0 Å². The molecule has 12 heavy (non-hydrogen) atoms. The third-order valence-electron chi connectivity index (χ3n) is 0.508. The van der Waals surface area contributed by atoms with Crippen LogP contribution < -0.4 is 0 Å². The summed E-state index contributed by atoms with van der Waals surface area (Å²) in [5.41, 5.74) is 0. The fraction of sp³-hybridized carbons (Fsp3) is 0.500. The van der Waals surface area contributed by atoms with E-state index in [0.717, 1.165) is 0 Å². The normalized spacial score (nSPS) is 13.9. The molecule has 0 radical (unpaired) electrons. The molecule has 3 N–H and O–H groups in total. The zero-order chi connectivity index (χ0) is 9.98. The second-order valence-corrected chi connectivity index (χ2v) is 3.31. The summed E-state index contributed by atoms with van der Waals surface area (Å²) in [5, 5.41) is 8.00. The lowest BCUT2D eigenvalue weighted by atomic mass is 10.5. The smallest absolute Gasteiger partial charge is 0.323 e. The first-order chi connectivity index (χ1) is 5.54. The van der Waals surface area contributed by atoms with E-state index in [1.54, 1.807) is 6.08 Å².